The number of nitrogens with zero attached hydrogens (tertiary/aromatic N) is 1. The molecule has 1 heterocycles. The van der Waals surface area contributed by atoms with Crippen LogP contribution in [-0.4, -0.2) is 29.1 Å². The number of aromatic nitrogens is 1. The topological polar surface area (TPSA) is 89.6 Å². The van der Waals surface area contributed by atoms with Crippen molar-refractivity contribution in [2.24, 2.45) is 0 Å². The third-order valence-electron chi connectivity index (χ3n) is 3.80. The van der Waals surface area contributed by atoms with Crippen molar-refractivity contribution >= 4 is 11.8 Å². The van der Waals surface area contributed by atoms with E-state index in [1.807, 2.05) is 24.3 Å². The highest BCUT2D eigenvalue weighted by Gasteiger charge is 2.21. The zero-order valence-electron chi connectivity index (χ0n) is 13.0. The van der Waals surface area contributed by atoms with Crippen LogP contribution in [0, 0.1) is 0 Å². The molecular formula is C18H15NO5. The molecule has 0 atom stereocenters. The van der Waals surface area contributed by atoms with Crippen molar-refractivity contribution in [3.8, 4) is 28.1 Å². The number of fused-ring (bicyclic) bond motifs is 1. The van der Waals surface area contributed by atoms with Crippen molar-refractivity contribution < 1.29 is 24.0 Å². The van der Waals surface area contributed by atoms with Crippen molar-refractivity contribution in [2.75, 3.05) is 7.11 Å². The summed E-state index contributed by atoms with van der Waals surface area (Å²) in [5.74, 6) is -0.492. The van der Waals surface area contributed by atoms with Crippen molar-refractivity contribution in [1.29, 1.82) is 0 Å². The van der Waals surface area contributed by atoms with Gasteiger partial charge in [-0.1, -0.05) is 11.2 Å². The third kappa shape index (κ3) is 2.99. The lowest BCUT2D eigenvalue weighted by molar-refractivity contribution is -0.136. The number of hydrogen-bond acceptors (Lipinski definition) is 5. The average Bonchev–Trinajstić information content (AvgIpc) is 3.04. The maximum atomic E-state index is 12.2. The second-order valence-electron chi connectivity index (χ2n) is 5.28. The fraction of sp³-hybridized carbons (Fsp3) is 0.167. The first-order valence-electron chi connectivity index (χ1n) is 7.36. The molecule has 6 nitrogen and oxygen atoms in total. The molecule has 0 aromatic heterocycles. The number of hydrogen-bond donors (Lipinski definition) is 1. The van der Waals surface area contributed by atoms with Crippen LogP contribution in [0.1, 0.15) is 23.2 Å². The number of ketones is 1. The van der Waals surface area contributed by atoms with Crippen molar-refractivity contribution in [1.82, 2.24) is 5.16 Å². The Labute approximate surface area is 138 Å². The fourth-order valence-electron chi connectivity index (χ4n) is 2.56. The van der Waals surface area contributed by atoms with E-state index in [0.29, 0.717) is 16.8 Å². The third-order valence-corrected chi connectivity index (χ3v) is 3.80. The van der Waals surface area contributed by atoms with Gasteiger partial charge in [0.05, 0.1) is 13.5 Å². The van der Waals surface area contributed by atoms with Gasteiger partial charge in [-0.2, -0.15) is 0 Å². The number of carboxylic acids is 1. The Bertz CT molecular complexity index is 850. The molecule has 0 radical (unpaired) electrons. The number of benzene rings is 1. The van der Waals surface area contributed by atoms with Gasteiger partial charge in [0.1, 0.15) is 17.7 Å². The highest BCUT2D eigenvalue weighted by atomic mass is 16.5. The Morgan fingerprint density at radius 3 is 2.50 bits per heavy atom. The fourth-order valence-corrected chi connectivity index (χ4v) is 2.56. The van der Waals surface area contributed by atoms with Crippen molar-refractivity contribution in [3.05, 3.63) is 48.2 Å². The molecule has 0 fully saturated rings. The Kier molecular flexibility index (Phi) is 4.29. The smallest absolute Gasteiger partial charge is 0.303 e. The number of carbonyl (C=O) groups is 2. The molecule has 0 bridgehead atoms. The minimum atomic E-state index is -0.996. The Hall–Kier alpha value is -3.15. The van der Waals surface area contributed by atoms with E-state index in [1.165, 1.54) is 6.26 Å². The normalized spacial score (nSPS) is 10.7. The first kappa shape index (κ1) is 15.7. The lowest BCUT2D eigenvalue weighted by Crippen LogP contribution is -2.04. The van der Waals surface area contributed by atoms with E-state index in [9.17, 15) is 9.59 Å². The molecule has 0 saturated carbocycles. The number of rotatable bonds is 6. The summed E-state index contributed by atoms with van der Waals surface area (Å²) in [5.41, 5.74) is 3.32. The highest BCUT2D eigenvalue weighted by Crippen LogP contribution is 2.36. The quantitative estimate of drug-likeness (QED) is 0.698. The minimum Gasteiger partial charge on any atom is -0.497 e. The molecule has 6 heteroatoms. The molecular weight excluding hydrogens is 310 g/mol. The van der Waals surface area contributed by atoms with Crippen LogP contribution in [0.25, 0.3) is 22.4 Å². The molecule has 1 aliphatic heterocycles. The first-order valence-corrected chi connectivity index (χ1v) is 7.36. The number of aliphatic carboxylic acids is 1. The lowest BCUT2D eigenvalue weighted by atomic mass is 10.00. The SMILES string of the molecule is COc1ccc(-c2nocc3c(C(=O)CCC(=O)O)ccc2-3)cc1. The van der Waals surface area contributed by atoms with Crippen LogP contribution in [0.2, 0.25) is 0 Å². The van der Waals surface area contributed by atoms with Crippen LogP contribution in [0.15, 0.2) is 47.2 Å². The average molecular weight is 325 g/mol. The molecule has 0 amide bonds. The van der Waals surface area contributed by atoms with Crippen LogP contribution in [0.5, 0.6) is 5.75 Å². The van der Waals surface area contributed by atoms with Crippen LogP contribution < -0.4 is 4.74 Å². The number of carboxylic acid groups (broad SMARTS) is 1. The molecule has 0 spiro atoms. The summed E-state index contributed by atoms with van der Waals surface area (Å²) in [5, 5.41) is 12.8. The van der Waals surface area contributed by atoms with Gasteiger partial charge >= 0.3 is 5.97 Å². The zero-order valence-corrected chi connectivity index (χ0v) is 13.0. The Morgan fingerprint density at radius 1 is 1.08 bits per heavy atom. The summed E-state index contributed by atoms with van der Waals surface area (Å²) in [4.78, 5) is 22.9. The van der Waals surface area contributed by atoms with E-state index < -0.39 is 5.97 Å². The monoisotopic (exact) mass is 325 g/mol. The van der Waals surface area contributed by atoms with Crippen LogP contribution in [0.3, 0.4) is 0 Å². The molecule has 1 aromatic rings. The summed E-state index contributed by atoms with van der Waals surface area (Å²) < 4.78 is 10.3. The van der Waals surface area contributed by atoms with Gasteiger partial charge in [-0.3, -0.25) is 9.59 Å². The van der Waals surface area contributed by atoms with Gasteiger partial charge in [0.25, 0.3) is 0 Å². The van der Waals surface area contributed by atoms with E-state index in [0.717, 1.165) is 16.9 Å². The van der Waals surface area contributed by atoms with E-state index in [1.54, 1.807) is 19.2 Å². The van der Waals surface area contributed by atoms with E-state index >= 15 is 0 Å². The van der Waals surface area contributed by atoms with E-state index in [-0.39, 0.29) is 18.6 Å². The maximum absolute atomic E-state index is 12.2. The van der Waals surface area contributed by atoms with Gasteiger partial charge < -0.3 is 14.4 Å². The number of carbonyl (C=O) groups excluding carboxylic acids is 1. The maximum Gasteiger partial charge on any atom is 0.303 e. The zero-order chi connectivity index (χ0) is 17.1. The minimum absolute atomic E-state index is 0.0470. The molecule has 122 valence electrons. The summed E-state index contributed by atoms with van der Waals surface area (Å²) in [6, 6.07) is 10.8. The molecule has 1 aromatic carbocycles. The summed E-state index contributed by atoms with van der Waals surface area (Å²) in [7, 11) is 1.59. The van der Waals surface area contributed by atoms with Gasteiger partial charge in [0.2, 0.25) is 0 Å². The van der Waals surface area contributed by atoms with Crippen LogP contribution >= 0.6 is 0 Å². The van der Waals surface area contributed by atoms with E-state index in [4.69, 9.17) is 14.4 Å². The molecule has 2 aliphatic rings. The summed E-state index contributed by atoms with van der Waals surface area (Å²) in [6.45, 7) is 0. The molecule has 24 heavy (non-hydrogen) atoms. The van der Waals surface area contributed by atoms with Crippen molar-refractivity contribution in [3.63, 3.8) is 0 Å². The summed E-state index contributed by atoms with van der Waals surface area (Å²) in [6.07, 6.45) is 1.17. The largest absolute Gasteiger partial charge is 0.497 e. The molecule has 3 rings (SSSR count). The van der Waals surface area contributed by atoms with Gasteiger partial charge in [-0.25, -0.2) is 0 Å². The van der Waals surface area contributed by atoms with Crippen LogP contribution in [-0.2, 0) is 4.79 Å². The van der Waals surface area contributed by atoms with Crippen LogP contribution in [0.4, 0.5) is 0 Å². The van der Waals surface area contributed by atoms with Crippen molar-refractivity contribution in [2.45, 2.75) is 12.8 Å². The lowest BCUT2D eigenvalue weighted by Gasteiger charge is -2.08. The van der Waals surface area contributed by atoms with Gasteiger partial charge in [0.15, 0.2) is 5.78 Å². The van der Waals surface area contributed by atoms with Gasteiger partial charge in [0, 0.05) is 28.7 Å². The second-order valence-corrected chi connectivity index (χ2v) is 5.28. The first-order chi connectivity index (χ1) is 11.6. The molecule has 0 saturated heterocycles. The predicted octanol–water partition coefficient (Wildman–Crippen LogP) is 3.50. The highest BCUT2D eigenvalue weighted by molar-refractivity contribution is 6.05. The molecule has 1 aliphatic carbocycles. The second kappa shape index (κ2) is 6.54. The van der Waals surface area contributed by atoms with Gasteiger partial charge in [-0.05, 0) is 30.3 Å². The Morgan fingerprint density at radius 2 is 1.83 bits per heavy atom. The molecule has 1 N–H and O–H groups in total. The number of methoxy groups -OCH3 is 1. The van der Waals surface area contributed by atoms with Gasteiger partial charge in [-0.15, -0.1) is 0 Å². The Balaban J connectivity index is 1.93. The molecule has 0 unspecified atom stereocenters. The standard InChI is InChI=1S/C18H15NO5/c1-23-12-4-2-11(3-5-12)18-14-7-6-13(15(14)10-24-19-18)16(20)8-9-17(21)22/h2-7,10H,8-9H2,1H3,(H,21,22). The number of Topliss-reactive ketones (excluding diaryl/α,β-unsaturated/α-hetero) is 1. The predicted molar refractivity (Wildman–Crippen MR) is 86.3 cm³/mol. The summed E-state index contributed by atoms with van der Waals surface area (Å²) >= 11 is 0. The number of ether oxygens (including phenoxy) is 1. The van der Waals surface area contributed by atoms with E-state index in [2.05, 4.69) is 5.16 Å².